The van der Waals surface area contributed by atoms with E-state index in [1.54, 1.807) is 18.2 Å². The van der Waals surface area contributed by atoms with Gasteiger partial charge in [0.05, 0.1) is 23.3 Å². The summed E-state index contributed by atoms with van der Waals surface area (Å²) in [5, 5.41) is 18.8. The second kappa shape index (κ2) is 3.38. The first kappa shape index (κ1) is 9.47. The zero-order chi connectivity index (χ0) is 11.1. The highest BCUT2D eigenvalue weighted by Gasteiger charge is 2.35. The number of phenols is 1. The molecular formula is C11H13N3O2. The molecule has 0 aliphatic carbocycles. The van der Waals surface area contributed by atoms with E-state index in [0.29, 0.717) is 6.54 Å². The van der Waals surface area contributed by atoms with Gasteiger partial charge in [0.1, 0.15) is 5.75 Å². The van der Waals surface area contributed by atoms with E-state index < -0.39 is 0 Å². The molecular weight excluding hydrogens is 206 g/mol. The molecule has 84 valence electrons. The molecule has 5 heteroatoms. The van der Waals surface area contributed by atoms with Crippen LogP contribution >= 0.6 is 0 Å². The van der Waals surface area contributed by atoms with Gasteiger partial charge in [0.2, 0.25) is 5.91 Å². The summed E-state index contributed by atoms with van der Waals surface area (Å²) in [6.45, 7) is 1.47. The SMILES string of the molecule is O=C1Nc2ccc(O)cc2NC2CNCC12. The third kappa shape index (κ3) is 1.40. The molecule has 2 atom stereocenters. The van der Waals surface area contributed by atoms with Gasteiger partial charge in [-0.15, -0.1) is 0 Å². The molecule has 1 aromatic carbocycles. The van der Waals surface area contributed by atoms with Gasteiger partial charge in [0, 0.05) is 19.2 Å². The Morgan fingerprint density at radius 2 is 2.12 bits per heavy atom. The highest BCUT2D eigenvalue weighted by atomic mass is 16.3. The number of hydrogen-bond donors (Lipinski definition) is 4. The van der Waals surface area contributed by atoms with Crippen LogP contribution in [0.3, 0.4) is 0 Å². The van der Waals surface area contributed by atoms with Crippen LogP contribution in [0.15, 0.2) is 18.2 Å². The minimum Gasteiger partial charge on any atom is -0.508 e. The van der Waals surface area contributed by atoms with Crippen molar-refractivity contribution in [3.8, 4) is 5.75 Å². The smallest absolute Gasteiger partial charge is 0.230 e. The van der Waals surface area contributed by atoms with Crippen LogP contribution in [0.5, 0.6) is 5.75 Å². The molecule has 1 amide bonds. The molecule has 0 aromatic heterocycles. The zero-order valence-corrected chi connectivity index (χ0v) is 8.66. The van der Waals surface area contributed by atoms with Gasteiger partial charge in [-0.25, -0.2) is 0 Å². The number of carbonyl (C=O) groups excluding carboxylic acids is 1. The lowest BCUT2D eigenvalue weighted by Gasteiger charge is -2.15. The van der Waals surface area contributed by atoms with Crippen molar-refractivity contribution in [1.82, 2.24) is 5.32 Å². The number of amides is 1. The van der Waals surface area contributed by atoms with Crippen LogP contribution in [0.25, 0.3) is 0 Å². The summed E-state index contributed by atoms with van der Waals surface area (Å²) in [5.74, 6) is 0.186. The standard InChI is InChI=1S/C11H13N3O2/c15-6-1-2-8-9(3-6)13-10-5-12-4-7(10)11(16)14-8/h1-3,7,10,12-13,15H,4-5H2,(H,14,16). The third-order valence-corrected chi connectivity index (χ3v) is 3.15. The summed E-state index contributed by atoms with van der Waals surface area (Å²) in [6.07, 6.45) is 0. The molecule has 2 unspecified atom stereocenters. The minimum absolute atomic E-state index is 0.0342. The van der Waals surface area contributed by atoms with E-state index in [1.165, 1.54) is 0 Å². The maximum Gasteiger partial charge on any atom is 0.230 e. The lowest BCUT2D eigenvalue weighted by molar-refractivity contribution is -0.119. The van der Waals surface area contributed by atoms with Gasteiger partial charge in [-0.3, -0.25) is 4.79 Å². The fraction of sp³-hybridized carbons (Fsp3) is 0.364. The molecule has 0 saturated carbocycles. The molecule has 0 spiro atoms. The topological polar surface area (TPSA) is 73.4 Å². The van der Waals surface area contributed by atoms with Crippen LogP contribution in [-0.4, -0.2) is 30.1 Å². The summed E-state index contributed by atoms with van der Waals surface area (Å²) >= 11 is 0. The molecule has 1 aromatic rings. The number of carbonyl (C=O) groups is 1. The number of rotatable bonds is 0. The van der Waals surface area contributed by atoms with E-state index in [1.807, 2.05) is 0 Å². The maximum atomic E-state index is 11.9. The van der Waals surface area contributed by atoms with Gasteiger partial charge in [-0.2, -0.15) is 0 Å². The van der Waals surface area contributed by atoms with E-state index >= 15 is 0 Å². The largest absolute Gasteiger partial charge is 0.508 e. The van der Waals surface area contributed by atoms with E-state index in [2.05, 4.69) is 16.0 Å². The Bertz CT molecular complexity index is 447. The van der Waals surface area contributed by atoms with Gasteiger partial charge in [0.25, 0.3) is 0 Å². The number of anilines is 2. The van der Waals surface area contributed by atoms with Crippen molar-refractivity contribution in [2.75, 3.05) is 23.7 Å². The normalized spacial score (nSPS) is 27.4. The summed E-state index contributed by atoms with van der Waals surface area (Å²) in [6, 6.07) is 5.02. The van der Waals surface area contributed by atoms with Gasteiger partial charge in [0.15, 0.2) is 0 Å². The second-order valence-corrected chi connectivity index (χ2v) is 4.23. The van der Waals surface area contributed by atoms with E-state index in [9.17, 15) is 9.90 Å². The molecule has 1 fully saturated rings. The molecule has 5 nitrogen and oxygen atoms in total. The zero-order valence-electron chi connectivity index (χ0n) is 8.66. The van der Waals surface area contributed by atoms with Crippen molar-refractivity contribution >= 4 is 17.3 Å². The molecule has 2 aliphatic rings. The molecule has 16 heavy (non-hydrogen) atoms. The predicted octanol–water partition coefficient (Wildman–Crippen LogP) is 0.344. The van der Waals surface area contributed by atoms with Crippen LogP contribution < -0.4 is 16.0 Å². The average molecular weight is 219 g/mol. The van der Waals surface area contributed by atoms with Gasteiger partial charge >= 0.3 is 0 Å². The summed E-state index contributed by atoms with van der Waals surface area (Å²) < 4.78 is 0. The Hall–Kier alpha value is -1.75. The molecule has 2 aliphatic heterocycles. The number of benzene rings is 1. The van der Waals surface area contributed by atoms with Crippen molar-refractivity contribution in [3.63, 3.8) is 0 Å². The van der Waals surface area contributed by atoms with Crippen molar-refractivity contribution < 1.29 is 9.90 Å². The fourth-order valence-electron chi connectivity index (χ4n) is 2.29. The van der Waals surface area contributed by atoms with E-state index in [0.717, 1.165) is 17.9 Å². The number of aromatic hydroxyl groups is 1. The molecule has 2 heterocycles. The minimum atomic E-state index is -0.0467. The summed E-state index contributed by atoms with van der Waals surface area (Å²) in [7, 11) is 0. The molecule has 4 N–H and O–H groups in total. The maximum absolute atomic E-state index is 11.9. The Labute approximate surface area is 92.8 Å². The first-order valence-corrected chi connectivity index (χ1v) is 5.35. The summed E-state index contributed by atoms with van der Waals surface area (Å²) in [4.78, 5) is 11.9. The lowest BCUT2D eigenvalue weighted by atomic mass is 10.0. The second-order valence-electron chi connectivity index (χ2n) is 4.23. The van der Waals surface area contributed by atoms with Crippen LogP contribution in [0.4, 0.5) is 11.4 Å². The molecule has 0 radical (unpaired) electrons. The van der Waals surface area contributed by atoms with Crippen LogP contribution in [0.2, 0.25) is 0 Å². The Kier molecular flexibility index (Phi) is 2.00. The van der Waals surface area contributed by atoms with Crippen molar-refractivity contribution in [1.29, 1.82) is 0 Å². The van der Waals surface area contributed by atoms with Crippen LogP contribution in [0, 0.1) is 5.92 Å². The van der Waals surface area contributed by atoms with Crippen molar-refractivity contribution in [2.45, 2.75) is 6.04 Å². The Morgan fingerprint density at radius 3 is 3.00 bits per heavy atom. The first-order chi connectivity index (χ1) is 7.74. The summed E-state index contributed by atoms with van der Waals surface area (Å²) in [5.41, 5.74) is 1.52. The van der Waals surface area contributed by atoms with Crippen molar-refractivity contribution in [3.05, 3.63) is 18.2 Å². The van der Waals surface area contributed by atoms with Gasteiger partial charge in [-0.1, -0.05) is 0 Å². The molecule has 0 bridgehead atoms. The number of nitrogens with one attached hydrogen (secondary N) is 3. The Balaban J connectivity index is 2.01. The fourth-order valence-corrected chi connectivity index (χ4v) is 2.29. The van der Waals surface area contributed by atoms with Gasteiger partial charge < -0.3 is 21.1 Å². The monoisotopic (exact) mass is 219 g/mol. The third-order valence-electron chi connectivity index (χ3n) is 3.15. The highest BCUT2D eigenvalue weighted by molar-refractivity contribution is 5.98. The number of phenolic OH excluding ortho intramolecular Hbond substituents is 1. The first-order valence-electron chi connectivity index (χ1n) is 5.35. The van der Waals surface area contributed by atoms with Gasteiger partial charge in [-0.05, 0) is 12.1 Å². The molecule has 1 saturated heterocycles. The van der Waals surface area contributed by atoms with Crippen LogP contribution in [0.1, 0.15) is 0 Å². The highest BCUT2D eigenvalue weighted by Crippen LogP contribution is 2.31. The van der Waals surface area contributed by atoms with E-state index in [4.69, 9.17) is 0 Å². The van der Waals surface area contributed by atoms with E-state index in [-0.39, 0.29) is 23.6 Å². The Morgan fingerprint density at radius 1 is 1.25 bits per heavy atom. The average Bonchev–Trinajstić information content (AvgIpc) is 2.65. The number of fused-ring (bicyclic) bond motifs is 2. The predicted molar refractivity (Wildman–Crippen MR) is 60.5 cm³/mol. The van der Waals surface area contributed by atoms with Crippen LogP contribution in [-0.2, 0) is 4.79 Å². The number of hydrogen-bond acceptors (Lipinski definition) is 4. The molecule has 3 rings (SSSR count). The lowest BCUT2D eigenvalue weighted by Crippen LogP contribution is -2.33. The quantitative estimate of drug-likeness (QED) is 0.475. The van der Waals surface area contributed by atoms with Crippen molar-refractivity contribution in [2.24, 2.45) is 5.92 Å².